The Morgan fingerprint density at radius 2 is 2.09 bits per heavy atom. The van der Waals surface area contributed by atoms with E-state index in [1.165, 1.54) is 5.56 Å². The molecule has 0 bridgehead atoms. The van der Waals surface area contributed by atoms with Crippen LogP contribution >= 0.6 is 11.3 Å². The van der Waals surface area contributed by atoms with E-state index in [-0.39, 0.29) is 11.8 Å². The number of unbranched alkanes of at least 4 members (excludes halogenated alkanes) is 1. The van der Waals surface area contributed by atoms with Gasteiger partial charge in [-0.25, -0.2) is 4.98 Å². The van der Waals surface area contributed by atoms with E-state index in [0.717, 1.165) is 45.0 Å². The second kappa shape index (κ2) is 9.10. The second-order valence-electron chi connectivity index (χ2n) is 8.61. The van der Waals surface area contributed by atoms with Gasteiger partial charge in [0, 0.05) is 23.5 Å². The van der Waals surface area contributed by atoms with E-state index >= 15 is 0 Å². The average molecular weight is 477 g/mol. The summed E-state index contributed by atoms with van der Waals surface area (Å²) in [5.41, 5.74) is 4.89. The van der Waals surface area contributed by atoms with Gasteiger partial charge in [-0.3, -0.25) is 4.79 Å². The van der Waals surface area contributed by atoms with Crippen LogP contribution in [-0.2, 0) is 4.79 Å². The van der Waals surface area contributed by atoms with Crippen molar-refractivity contribution in [2.24, 2.45) is 0 Å². The zero-order valence-electron chi connectivity index (χ0n) is 19.8. The van der Waals surface area contributed by atoms with Crippen molar-refractivity contribution >= 4 is 33.3 Å². The van der Waals surface area contributed by atoms with Crippen LogP contribution < -0.4 is 14.8 Å². The van der Waals surface area contributed by atoms with Crippen LogP contribution in [0.2, 0.25) is 0 Å². The van der Waals surface area contributed by atoms with Gasteiger partial charge in [0.1, 0.15) is 5.82 Å². The van der Waals surface area contributed by atoms with E-state index in [0.29, 0.717) is 30.3 Å². The van der Waals surface area contributed by atoms with E-state index in [1.54, 1.807) is 23.1 Å². The van der Waals surface area contributed by atoms with E-state index in [9.17, 15) is 4.79 Å². The molecule has 1 aliphatic heterocycles. The molecule has 3 heterocycles. The second-order valence-corrected chi connectivity index (χ2v) is 9.62. The van der Waals surface area contributed by atoms with Crippen LogP contribution in [0.25, 0.3) is 15.3 Å². The van der Waals surface area contributed by atoms with Crippen molar-refractivity contribution in [2.45, 2.75) is 46.0 Å². The topological polar surface area (TPSA) is 78.3 Å². The summed E-state index contributed by atoms with van der Waals surface area (Å²) in [4.78, 5) is 17.7. The SMILES string of the molecule is CCCCOc1c(OC)cccc1[C@H]1CC(=O)Nc2c1c(C)nn2-c1nc2ccc(C)cc2s1. The fourth-order valence-corrected chi connectivity index (χ4v) is 5.52. The van der Waals surface area contributed by atoms with Crippen LogP contribution in [-0.4, -0.2) is 34.4 Å². The van der Waals surface area contributed by atoms with Crippen molar-refractivity contribution in [3.8, 4) is 16.6 Å². The van der Waals surface area contributed by atoms with Gasteiger partial charge in [-0.05, 0) is 44.0 Å². The Balaban J connectivity index is 1.63. The summed E-state index contributed by atoms with van der Waals surface area (Å²) in [6.07, 6.45) is 2.30. The van der Waals surface area contributed by atoms with Gasteiger partial charge in [-0.2, -0.15) is 9.78 Å². The number of aryl methyl sites for hydroxylation is 2. The largest absolute Gasteiger partial charge is 0.493 e. The Labute approximate surface area is 202 Å². The smallest absolute Gasteiger partial charge is 0.226 e. The number of rotatable bonds is 7. The maximum absolute atomic E-state index is 12.9. The predicted octanol–water partition coefficient (Wildman–Crippen LogP) is 5.76. The highest BCUT2D eigenvalue weighted by Gasteiger charge is 2.35. The van der Waals surface area contributed by atoms with Crippen molar-refractivity contribution < 1.29 is 14.3 Å². The summed E-state index contributed by atoms with van der Waals surface area (Å²) in [5.74, 6) is 1.80. The number of ether oxygens (including phenoxy) is 2. The van der Waals surface area contributed by atoms with Crippen molar-refractivity contribution in [1.82, 2.24) is 14.8 Å². The quantitative estimate of drug-likeness (QED) is 0.343. The normalized spacial score (nSPS) is 15.3. The number of fused-ring (bicyclic) bond motifs is 2. The number of thiazole rings is 1. The minimum absolute atomic E-state index is 0.0575. The van der Waals surface area contributed by atoms with E-state index in [1.807, 2.05) is 31.2 Å². The molecule has 0 saturated carbocycles. The highest BCUT2D eigenvalue weighted by molar-refractivity contribution is 7.20. The molecule has 34 heavy (non-hydrogen) atoms. The van der Waals surface area contributed by atoms with E-state index in [4.69, 9.17) is 19.6 Å². The predicted molar refractivity (Wildman–Crippen MR) is 135 cm³/mol. The Morgan fingerprint density at radius 1 is 1.24 bits per heavy atom. The van der Waals surface area contributed by atoms with Crippen LogP contribution in [0.4, 0.5) is 5.82 Å². The average Bonchev–Trinajstić information content (AvgIpc) is 3.39. The lowest BCUT2D eigenvalue weighted by Crippen LogP contribution is -2.25. The first kappa shape index (κ1) is 22.4. The molecule has 7 nitrogen and oxygen atoms in total. The number of aromatic nitrogens is 3. The van der Waals surface area contributed by atoms with Gasteiger partial charge in [0.05, 0.1) is 29.6 Å². The molecule has 0 fully saturated rings. The number of amides is 1. The Morgan fingerprint density at radius 3 is 2.88 bits per heavy atom. The molecule has 1 N–H and O–H groups in total. The molecule has 1 amide bonds. The molecule has 5 rings (SSSR count). The summed E-state index contributed by atoms with van der Waals surface area (Å²) >= 11 is 1.57. The number of hydrogen-bond acceptors (Lipinski definition) is 6. The maximum atomic E-state index is 12.9. The summed E-state index contributed by atoms with van der Waals surface area (Å²) < 4.78 is 14.7. The summed E-state index contributed by atoms with van der Waals surface area (Å²) in [7, 11) is 1.64. The Kier molecular flexibility index (Phi) is 6.00. The first-order valence-electron chi connectivity index (χ1n) is 11.6. The molecule has 4 aromatic rings. The molecule has 0 aliphatic carbocycles. The van der Waals surface area contributed by atoms with Crippen LogP contribution in [0.3, 0.4) is 0 Å². The van der Waals surface area contributed by atoms with Gasteiger partial charge >= 0.3 is 0 Å². The number of methoxy groups -OCH3 is 1. The number of carbonyl (C=O) groups excluding carboxylic acids is 1. The Bertz CT molecular complexity index is 1370. The van der Waals surface area contributed by atoms with E-state index < -0.39 is 0 Å². The molecular formula is C26H28N4O3S. The lowest BCUT2D eigenvalue weighted by Gasteiger charge is -2.26. The number of para-hydroxylation sites is 1. The van der Waals surface area contributed by atoms with Gasteiger partial charge in [0.2, 0.25) is 11.0 Å². The number of anilines is 1. The number of carbonyl (C=O) groups is 1. The zero-order valence-corrected chi connectivity index (χ0v) is 20.7. The molecule has 0 spiro atoms. The number of nitrogens with zero attached hydrogens (tertiary/aromatic N) is 3. The molecule has 8 heteroatoms. The standard InChI is InChI=1S/C26H28N4O3S/c1-5-6-12-33-24-17(8-7-9-20(24)32-4)18-14-22(31)28-25-23(18)16(3)29-30(25)26-27-19-11-10-15(2)13-21(19)34-26/h7-11,13,18H,5-6,12,14H2,1-4H3,(H,28,31)/t18-/m1/s1. The summed E-state index contributed by atoms with van der Waals surface area (Å²) in [6, 6.07) is 12.1. The summed E-state index contributed by atoms with van der Waals surface area (Å²) in [6.45, 7) is 6.78. The molecule has 1 atom stereocenters. The third-order valence-corrected chi connectivity index (χ3v) is 7.16. The zero-order chi connectivity index (χ0) is 23.8. The lowest BCUT2D eigenvalue weighted by molar-refractivity contribution is -0.116. The van der Waals surface area contributed by atoms with Crippen molar-refractivity contribution in [3.63, 3.8) is 0 Å². The van der Waals surface area contributed by atoms with Crippen LogP contribution in [0, 0.1) is 13.8 Å². The van der Waals surface area contributed by atoms with Crippen molar-refractivity contribution in [2.75, 3.05) is 19.0 Å². The maximum Gasteiger partial charge on any atom is 0.226 e. The highest BCUT2D eigenvalue weighted by atomic mass is 32.1. The minimum Gasteiger partial charge on any atom is -0.493 e. The molecule has 0 radical (unpaired) electrons. The Hall–Kier alpha value is -3.39. The third-order valence-electron chi connectivity index (χ3n) is 6.17. The van der Waals surface area contributed by atoms with Crippen LogP contribution in [0.15, 0.2) is 36.4 Å². The molecular weight excluding hydrogens is 448 g/mol. The highest BCUT2D eigenvalue weighted by Crippen LogP contribution is 2.46. The van der Waals surface area contributed by atoms with Gasteiger partial charge in [0.15, 0.2) is 11.5 Å². The lowest BCUT2D eigenvalue weighted by atomic mass is 9.85. The molecule has 2 aromatic carbocycles. The van der Waals surface area contributed by atoms with Gasteiger partial charge in [0.25, 0.3) is 0 Å². The fraction of sp³-hybridized carbons (Fsp3) is 0.346. The first-order chi connectivity index (χ1) is 16.5. The molecule has 0 saturated heterocycles. The van der Waals surface area contributed by atoms with Gasteiger partial charge in [-0.15, -0.1) is 0 Å². The van der Waals surface area contributed by atoms with Gasteiger partial charge in [-0.1, -0.05) is 42.9 Å². The van der Waals surface area contributed by atoms with E-state index in [2.05, 4.69) is 31.3 Å². The number of nitrogens with one attached hydrogen (secondary N) is 1. The number of hydrogen-bond donors (Lipinski definition) is 1. The van der Waals surface area contributed by atoms with Crippen LogP contribution in [0.5, 0.6) is 11.5 Å². The first-order valence-corrected chi connectivity index (χ1v) is 12.4. The van der Waals surface area contributed by atoms with Crippen molar-refractivity contribution in [3.05, 3.63) is 58.8 Å². The molecule has 2 aromatic heterocycles. The molecule has 0 unspecified atom stereocenters. The van der Waals surface area contributed by atoms with Crippen molar-refractivity contribution in [1.29, 1.82) is 0 Å². The monoisotopic (exact) mass is 476 g/mol. The number of benzene rings is 2. The minimum atomic E-state index is -0.194. The molecule has 1 aliphatic rings. The van der Waals surface area contributed by atoms with Gasteiger partial charge < -0.3 is 14.8 Å². The fourth-order valence-electron chi connectivity index (χ4n) is 4.50. The molecule has 176 valence electrons. The third kappa shape index (κ3) is 3.92. The van der Waals surface area contributed by atoms with Crippen LogP contribution in [0.1, 0.15) is 54.5 Å². The summed E-state index contributed by atoms with van der Waals surface area (Å²) in [5, 5.41) is 8.61.